The normalized spacial score (nSPS) is 21.5. The van der Waals surface area contributed by atoms with Crippen LogP contribution in [-0.4, -0.2) is 40.4 Å². The van der Waals surface area contributed by atoms with Crippen molar-refractivity contribution in [2.75, 3.05) is 13.1 Å². The van der Waals surface area contributed by atoms with Crippen LogP contribution in [0.15, 0.2) is 35.0 Å². The predicted molar refractivity (Wildman–Crippen MR) is 96.9 cm³/mol. The average molecular weight is 355 g/mol. The van der Waals surface area contributed by atoms with Crippen molar-refractivity contribution in [3.63, 3.8) is 0 Å². The molecule has 4 rings (SSSR count). The highest BCUT2D eigenvalue weighted by atomic mass is 16.3. The van der Waals surface area contributed by atoms with Crippen molar-refractivity contribution in [1.29, 1.82) is 0 Å². The fourth-order valence-electron chi connectivity index (χ4n) is 4.26. The van der Waals surface area contributed by atoms with Crippen LogP contribution in [0.1, 0.15) is 52.4 Å². The minimum Gasteiger partial charge on any atom is -0.456 e. The molecule has 138 valence electrons. The van der Waals surface area contributed by atoms with Crippen molar-refractivity contribution in [2.45, 2.75) is 38.6 Å². The summed E-state index contributed by atoms with van der Waals surface area (Å²) in [5.74, 6) is 1.14. The molecule has 1 saturated carbocycles. The Kier molecular flexibility index (Phi) is 4.13. The van der Waals surface area contributed by atoms with E-state index in [2.05, 4.69) is 5.32 Å². The average Bonchev–Trinajstić information content (AvgIpc) is 3.26. The summed E-state index contributed by atoms with van der Waals surface area (Å²) >= 11 is 0. The van der Waals surface area contributed by atoms with Gasteiger partial charge in [-0.3, -0.25) is 9.59 Å². The van der Waals surface area contributed by atoms with Crippen LogP contribution < -0.4 is 5.32 Å². The van der Waals surface area contributed by atoms with Crippen LogP contribution >= 0.6 is 0 Å². The van der Waals surface area contributed by atoms with Crippen LogP contribution in [0.25, 0.3) is 0 Å². The summed E-state index contributed by atoms with van der Waals surface area (Å²) in [5.41, 5.74) is 0.843. The van der Waals surface area contributed by atoms with Gasteiger partial charge in [-0.1, -0.05) is 0 Å². The predicted octanol–water partition coefficient (Wildman–Crippen LogP) is 2.74. The van der Waals surface area contributed by atoms with Crippen molar-refractivity contribution in [2.24, 2.45) is 12.5 Å². The Morgan fingerprint density at radius 2 is 1.96 bits per heavy atom. The summed E-state index contributed by atoms with van der Waals surface area (Å²) < 4.78 is 7.35. The summed E-state index contributed by atoms with van der Waals surface area (Å²) in [6, 6.07) is 5.61. The quantitative estimate of drug-likeness (QED) is 0.920. The number of nitrogens with one attached hydrogen (secondary N) is 1. The standard InChI is InChI=1S/C20H25N3O3/c1-14-3-4-16(26-14)19(25)23-11-8-20(9-12-23)7-5-17(20)21-18(24)15-6-10-22(2)13-15/h3-4,6,10,13,17H,5,7-9,11-12H2,1-2H3,(H,21,24)/t17-/m0/s1. The molecule has 3 heterocycles. The van der Waals surface area contributed by atoms with Gasteiger partial charge in [-0.15, -0.1) is 0 Å². The summed E-state index contributed by atoms with van der Waals surface area (Å²) in [6.45, 7) is 3.28. The van der Waals surface area contributed by atoms with E-state index in [0.29, 0.717) is 11.3 Å². The molecule has 2 fully saturated rings. The Balaban J connectivity index is 1.36. The molecule has 2 aromatic rings. The van der Waals surface area contributed by atoms with Gasteiger partial charge in [0.2, 0.25) is 0 Å². The van der Waals surface area contributed by atoms with Gasteiger partial charge in [0.05, 0.1) is 5.56 Å². The first kappa shape index (κ1) is 16.9. The molecule has 0 unspecified atom stereocenters. The lowest BCUT2D eigenvalue weighted by atomic mass is 9.59. The van der Waals surface area contributed by atoms with E-state index in [1.807, 2.05) is 48.0 Å². The number of nitrogens with zero attached hydrogens (tertiary/aromatic N) is 2. The second kappa shape index (κ2) is 6.34. The maximum atomic E-state index is 12.5. The molecule has 1 aliphatic carbocycles. The summed E-state index contributed by atoms with van der Waals surface area (Å²) in [4.78, 5) is 26.9. The Bertz CT molecular complexity index is 827. The minimum absolute atomic E-state index is 0.000702. The highest BCUT2D eigenvalue weighted by molar-refractivity contribution is 5.94. The SMILES string of the molecule is Cc1ccc(C(=O)N2CCC3(CC[C@@H]3NC(=O)c3ccn(C)c3)CC2)o1. The van der Waals surface area contributed by atoms with Crippen molar-refractivity contribution >= 4 is 11.8 Å². The van der Waals surface area contributed by atoms with E-state index >= 15 is 0 Å². The molecule has 1 N–H and O–H groups in total. The maximum absolute atomic E-state index is 12.5. The number of amides is 2. The van der Waals surface area contributed by atoms with Gasteiger partial charge in [0.25, 0.3) is 11.8 Å². The molecule has 1 saturated heterocycles. The van der Waals surface area contributed by atoms with Crippen LogP contribution in [-0.2, 0) is 7.05 Å². The zero-order valence-corrected chi connectivity index (χ0v) is 15.3. The van der Waals surface area contributed by atoms with Gasteiger partial charge >= 0.3 is 0 Å². The molecule has 2 aromatic heterocycles. The monoisotopic (exact) mass is 355 g/mol. The van der Waals surface area contributed by atoms with Gasteiger partial charge in [-0.2, -0.15) is 0 Å². The Hall–Kier alpha value is -2.50. The smallest absolute Gasteiger partial charge is 0.289 e. The Labute approximate surface area is 153 Å². The van der Waals surface area contributed by atoms with Crippen molar-refractivity contribution in [3.05, 3.63) is 47.7 Å². The molecule has 2 aliphatic rings. The van der Waals surface area contributed by atoms with Crippen LogP contribution in [0.4, 0.5) is 0 Å². The number of rotatable bonds is 3. The van der Waals surface area contributed by atoms with E-state index in [0.717, 1.165) is 44.5 Å². The molecule has 0 bridgehead atoms. The van der Waals surface area contributed by atoms with Crippen molar-refractivity contribution in [1.82, 2.24) is 14.8 Å². The second-order valence-corrected chi connectivity index (χ2v) is 7.70. The lowest BCUT2D eigenvalue weighted by Crippen LogP contribution is -2.59. The van der Waals surface area contributed by atoms with Gasteiger partial charge in [0.15, 0.2) is 5.76 Å². The number of carbonyl (C=O) groups is 2. The Morgan fingerprint density at radius 3 is 2.50 bits per heavy atom. The van der Waals surface area contributed by atoms with Crippen LogP contribution in [0, 0.1) is 12.3 Å². The highest BCUT2D eigenvalue weighted by Gasteiger charge is 2.49. The number of aryl methyl sites for hydroxylation is 2. The number of piperidine rings is 1. The topological polar surface area (TPSA) is 67.5 Å². The molecule has 6 nitrogen and oxygen atoms in total. The fraction of sp³-hybridized carbons (Fsp3) is 0.500. The van der Waals surface area contributed by atoms with E-state index in [1.165, 1.54) is 0 Å². The number of carbonyl (C=O) groups excluding carboxylic acids is 2. The van der Waals surface area contributed by atoms with Gasteiger partial charge in [-0.05, 0) is 56.2 Å². The third-order valence-corrected chi connectivity index (χ3v) is 6.07. The Morgan fingerprint density at radius 1 is 1.19 bits per heavy atom. The molecule has 1 aliphatic heterocycles. The largest absolute Gasteiger partial charge is 0.456 e. The van der Waals surface area contributed by atoms with E-state index in [1.54, 1.807) is 6.07 Å². The summed E-state index contributed by atoms with van der Waals surface area (Å²) in [6.07, 6.45) is 7.72. The summed E-state index contributed by atoms with van der Waals surface area (Å²) in [7, 11) is 1.91. The van der Waals surface area contributed by atoms with Gasteiger partial charge in [0.1, 0.15) is 5.76 Å². The highest BCUT2D eigenvalue weighted by Crippen LogP contribution is 2.49. The molecular weight excluding hydrogens is 330 g/mol. The molecule has 0 radical (unpaired) electrons. The maximum Gasteiger partial charge on any atom is 0.289 e. The van der Waals surface area contributed by atoms with Crippen LogP contribution in [0.5, 0.6) is 0 Å². The van der Waals surface area contributed by atoms with Gasteiger partial charge in [-0.25, -0.2) is 0 Å². The second-order valence-electron chi connectivity index (χ2n) is 7.70. The number of hydrogen-bond acceptors (Lipinski definition) is 3. The van der Waals surface area contributed by atoms with E-state index < -0.39 is 0 Å². The third-order valence-electron chi connectivity index (χ3n) is 6.07. The molecule has 6 heteroatoms. The first-order chi connectivity index (χ1) is 12.5. The molecule has 2 amide bonds. The fourth-order valence-corrected chi connectivity index (χ4v) is 4.26. The zero-order chi connectivity index (χ0) is 18.3. The van der Waals surface area contributed by atoms with E-state index in [9.17, 15) is 9.59 Å². The lowest BCUT2D eigenvalue weighted by Gasteiger charge is -2.54. The van der Waals surface area contributed by atoms with Gasteiger partial charge in [0, 0.05) is 38.6 Å². The number of aromatic nitrogens is 1. The van der Waals surface area contributed by atoms with E-state index in [4.69, 9.17) is 4.42 Å². The number of likely N-dealkylation sites (tertiary alicyclic amines) is 1. The molecule has 1 atom stereocenters. The van der Waals surface area contributed by atoms with Crippen LogP contribution in [0.2, 0.25) is 0 Å². The third kappa shape index (κ3) is 2.93. The molecule has 1 spiro atoms. The van der Waals surface area contributed by atoms with E-state index in [-0.39, 0.29) is 23.3 Å². The van der Waals surface area contributed by atoms with Gasteiger partial charge < -0.3 is 19.2 Å². The minimum atomic E-state index is -0.0304. The first-order valence-corrected chi connectivity index (χ1v) is 9.25. The first-order valence-electron chi connectivity index (χ1n) is 9.25. The van der Waals surface area contributed by atoms with Crippen LogP contribution in [0.3, 0.4) is 0 Å². The van der Waals surface area contributed by atoms with Crippen molar-refractivity contribution < 1.29 is 14.0 Å². The summed E-state index contributed by atoms with van der Waals surface area (Å²) in [5, 5.41) is 3.21. The van der Waals surface area contributed by atoms with Crippen molar-refractivity contribution in [3.8, 4) is 0 Å². The molecule has 26 heavy (non-hydrogen) atoms. The number of hydrogen-bond donors (Lipinski definition) is 1. The number of furan rings is 1. The zero-order valence-electron chi connectivity index (χ0n) is 15.3. The molecule has 0 aromatic carbocycles. The lowest BCUT2D eigenvalue weighted by molar-refractivity contribution is -0.00319. The molecular formula is C20H25N3O3.